The molecule has 2 aliphatic rings. The fraction of sp³-hybridized carbons (Fsp3) is 0.923. The fourth-order valence-electron chi connectivity index (χ4n) is 2.58. The van der Waals surface area contributed by atoms with Crippen molar-refractivity contribution in [2.75, 3.05) is 19.6 Å². The summed E-state index contributed by atoms with van der Waals surface area (Å²) in [6, 6.07) is 0.159. The summed E-state index contributed by atoms with van der Waals surface area (Å²) in [5.74, 6) is 0.667. The van der Waals surface area contributed by atoms with E-state index in [0.29, 0.717) is 11.3 Å². The van der Waals surface area contributed by atoms with Crippen LogP contribution in [0, 0.1) is 11.3 Å². The quantitative estimate of drug-likeness (QED) is 0.785. The second kappa shape index (κ2) is 4.64. The molecule has 0 spiro atoms. The Morgan fingerprint density at radius 1 is 1.50 bits per heavy atom. The number of hydrogen-bond acceptors (Lipinski definition) is 1. The number of rotatable bonds is 3. The molecule has 0 aromatic carbocycles. The minimum absolute atomic E-state index is 0.159. The van der Waals surface area contributed by atoms with E-state index in [-0.39, 0.29) is 6.03 Å². The number of likely N-dealkylation sites (tertiary alicyclic amines) is 1. The van der Waals surface area contributed by atoms with Crippen molar-refractivity contribution < 1.29 is 4.79 Å². The summed E-state index contributed by atoms with van der Waals surface area (Å²) < 4.78 is 0. The van der Waals surface area contributed by atoms with Gasteiger partial charge >= 0.3 is 6.03 Å². The van der Waals surface area contributed by atoms with Gasteiger partial charge in [-0.2, -0.15) is 0 Å². The summed E-state index contributed by atoms with van der Waals surface area (Å²) in [7, 11) is 0. The van der Waals surface area contributed by atoms with Gasteiger partial charge in [0.2, 0.25) is 0 Å². The molecule has 16 heavy (non-hydrogen) atoms. The summed E-state index contributed by atoms with van der Waals surface area (Å²) in [5, 5.41) is 3.11. The van der Waals surface area contributed by atoms with E-state index in [2.05, 4.69) is 19.2 Å². The van der Waals surface area contributed by atoms with Crippen LogP contribution in [0.15, 0.2) is 0 Å². The van der Waals surface area contributed by atoms with Crippen molar-refractivity contribution in [1.82, 2.24) is 10.2 Å². The van der Waals surface area contributed by atoms with Crippen LogP contribution in [0.25, 0.3) is 0 Å². The van der Waals surface area contributed by atoms with Gasteiger partial charge in [-0.05, 0) is 43.4 Å². The van der Waals surface area contributed by atoms with Gasteiger partial charge in [0, 0.05) is 19.6 Å². The number of carbonyl (C=O) groups excluding carboxylic acids is 1. The van der Waals surface area contributed by atoms with Crippen molar-refractivity contribution in [2.45, 2.75) is 46.0 Å². The average Bonchev–Trinajstić information content (AvgIpc) is 3.07. The van der Waals surface area contributed by atoms with E-state index in [1.54, 1.807) is 0 Å². The Hall–Kier alpha value is -0.730. The third kappa shape index (κ3) is 2.69. The van der Waals surface area contributed by atoms with Gasteiger partial charge in [0.1, 0.15) is 0 Å². The minimum atomic E-state index is 0.159. The molecule has 1 saturated heterocycles. The molecule has 1 N–H and O–H groups in total. The second-order valence-corrected chi connectivity index (χ2v) is 5.71. The Bertz CT molecular complexity index is 261. The van der Waals surface area contributed by atoms with Gasteiger partial charge in [0.25, 0.3) is 0 Å². The number of urea groups is 1. The lowest BCUT2D eigenvalue weighted by molar-refractivity contribution is 0.167. The number of hydrogen-bond donors (Lipinski definition) is 1. The van der Waals surface area contributed by atoms with Crippen molar-refractivity contribution in [3.8, 4) is 0 Å². The molecule has 3 nitrogen and oxygen atoms in total. The van der Waals surface area contributed by atoms with Gasteiger partial charge in [-0.25, -0.2) is 4.79 Å². The normalized spacial score (nSPS) is 27.6. The zero-order valence-corrected chi connectivity index (χ0v) is 10.6. The third-order valence-corrected chi connectivity index (χ3v) is 4.27. The highest BCUT2D eigenvalue weighted by Crippen LogP contribution is 2.47. The van der Waals surface area contributed by atoms with E-state index >= 15 is 0 Å². The molecule has 1 unspecified atom stereocenters. The number of nitrogens with one attached hydrogen (secondary N) is 1. The highest BCUT2D eigenvalue weighted by atomic mass is 16.2. The van der Waals surface area contributed by atoms with Crippen molar-refractivity contribution in [1.29, 1.82) is 0 Å². The number of nitrogens with zero attached hydrogens (tertiary/aromatic N) is 1. The fourth-order valence-corrected chi connectivity index (χ4v) is 2.58. The first-order chi connectivity index (χ1) is 7.65. The standard InChI is InChI=1S/C13H24N2O/c1-3-13(6-7-13)10-14-12(16)15-8-4-5-11(2)9-15/h11H,3-10H2,1-2H3,(H,14,16). The molecule has 3 heteroatoms. The molecule has 1 saturated carbocycles. The molecule has 1 atom stereocenters. The highest BCUT2D eigenvalue weighted by Gasteiger charge is 2.40. The van der Waals surface area contributed by atoms with Crippen LogP contribution in [0.2, 0.25) is 0 Å². The maximum absolute atomic E-state index is 11.9. The lowest BCUT2D eigenvalue weighted by Gasteiger charge is -2.31. The zero-order valence-electron chi connectivity index (χ0n) is 10.6. The molecule has 2 amide bonds. The smallest absolute Gasteiger partial charge is 0.317 e. The predicted molar refractivity (Wildman–Crippen MR) is 65.3 cm³/mol. The lowest BCUT2D eigenvalue weighted by Crippen LogP contribution is -2.46. The first kappa shape index (κ1) is 11.7. The lowest BCUT2D eigenvalue weighted by atomic mass is 10.0. The van der Waals surface area contributed by atoms with Crippen LogP contribution in [-0.4, -0.2) is 30.6 Å². The molecule has 0 aromatic heterocycles. The Balaban J connectivity index is 1.75. The maximum atomic E-state index is 11.9. The molecule has 2 fully saturated rings. The Morgan fingerprint density at radius 2 is 2.25 bits per heavy atom. The molecule has 0 bridgehead atoms. The van der Waals surface area contributed by atoms with Crippen LogP contribution in [-0.2, 0) is 0 Å². The van der Waals surface area contributed by atoms with E-state index in [4.69, 9.17) is 0 Å². The summed E-state index contributed by atoms with van der Waals surface area (Å²) in [4.78, 5) is 13.9. The van der Waals surface area contributed by atoms with E-state index in [1.165, 1.54) is 25.7 Å². The van der Waals surface area contributed by atoms with Gasteiger partial charge in [0.15, 0.2) is 0 Å². The van der Waals surface area contributed by atoms with Gasteiger partial charge in [-0.3, -0.25) is 0 Å². The summed E-state index contributed by atoms with van der Waals surface area (Å²) >= 11 is 0. The predicted octanol–water partition coefficient (Wildman–Crippen LogP) is 2.62. The topological polar surface area (TPSA) is 32.3 Å². The second-order valence-electron chi connectivity index (χ2n) is 5.71. The first-order valence-electron chi connectivity index (χ1n) is 6.68. The SMILES string of the molecule is CCC1(CNC(=O)N2CCCC(C)C2)CC1. The van der Waals surface area contributed by atoms with Gasteiger partial charge < -0.3 is 10.2 Å². The van der Waals surface area contributed by atoms with Crippen molar-refractivity contribution in [3.05, 3.63) is 0 Å². The number of carbonyl (C=O) groups is 1. The van der Waals surface area contributed by atoms with E-state index < -0.39 is 0 Å². The van der Waals surface area contributed by atoms with Crippen LogP contribution in [0.4, 0.5) is 4.79 Å². The maximum Gasteiger partial charge on any atom is 0.317 e. The molecule has 1 aliphatic carbocycles. The number of piperidine rings is 1. The Labute approximate surface area is 98.6 Å². The molecule has 1 heterocycles. The van der Waals surface area contributed by atoms with Gasteiger partial charge in [-0.1, -0.05) is 13.8 Å². The van der Waals surface area contributed by atoms with E-state index in [0.717, 1.165) is 26.1 Å². The Kier molecular flexibility index (Phi) is 3.41. The molecule has 0 aromatic rings. The van der Waals surface area contributed by atoms with Crippen molar-refractivity contribution in [2.24, 2.45) is 11.3 Å². The van der Waals surface area contributed by atoms with Crippen LogP contribution in [0.5, 0.6) is 0 Å². The molecule has 0 radical (unpaired) electrons. The van der Waals surface area contributed by atoms with Crippen LogP contribution in [0.3, 0.4) is 0 Å². The van der Waals surface area contributed by atoms with E-state index in [1.807, 2.05) is 4.90 Å². The highest BCUT2D eigenvalue weighted by molar-refractivity contribution is 5.74. The largest absolute Gasteiger partial charge is 0.337 e. The summed E-state index contributed by atoms with van der Waals surface area (Å²) in [6.45, 7) is 7.21. The van der Waals surface area contributed by atoms with E-state index in [9.17, 15) is 4.79 Å². The molecule has 92 valence electrons. The van der Waals surface area contributed by atoms with Crippen molar-refractivity contribution >= 4 is 6.03 Å². The van der Waals surface area contributed by atoms with Gasteiger partial charge in [0.05, 0.1) is 0 Å². The summed E-state index contributed by atoms with van der Waals surface area (Å²) in [5.41, 5.74) is 0.455. The van der Waals surface area contributed by atoms with Crippen LogP contribution >= 0.6 is 0 Å². The summed E-state index contributed by atoms with van der Waals surface area (Å²) in [6.07, 6.45) is 6.21. The Morgan fingerprint density at radius 3 is 2.81 bits per heavy atom. The third-order valence-electron chi connectivity index (χ3n) is 4.27. The molecule has 1 aliphatic heterocycles. The molecule has 2 rings (SSSR count). The van der Waals surface area contributed by atoms with Gasteiger partial charge in [-0.15, -0.1) is 0 Å². The minimum Gasteiger partial charge on any atom is -0.337 e. The molecular formula is C13H24N2O. The number of amides is 2. The molecular weight excluding hydrogens is 200 g/mol. The zero-order chi connectivity index (χ0) is 11.6. The van der Waals surface area contributed by atoms with Crippen molar-refractivity contribution in [3.63, 3.8) is 0 Å². The first-order valence-corrected chi connectivity index (χ1v) is 6.68. The van der Waals surface area contributed by atoms with Crippen LogP contribution in [0.1, 0.15) is 46.0 Å². The van der Waals surface area contributed by atoms with Crippen LogP contribution < -0.4 is 5.32 Å². The monoisotopic (exact) mass is 224 g/mol. The average molecular weight is 224 g/mol.